The zero-order chi connectivity index (χ0) is 17.1. The smallest absolute Gasteiger partial charge is 0.240 e. The van der Waals surface area contributed by atoms with E-state index in [4.69, 9.17) is 0 Å². The van der Waals surface area contributed by atoms with Crippen LogP contribution < -0.4 is 9.91 Å². The second kappa shape index (κ2) is 6.67. The molecule has 8 heteroatoms. The van der Waals surface area contributed by atoms with Crippen LogP contribution in [0, 0.1) is 0 Å². The molecule has 0 aliphatic rings. The number of carbonyl (C=O) groups excluding carboxylic acids is 1. The molecule has 1 aromatic carbocycles. The molecule has 0 saturated heterocycles. The highest BCUT2D eigenvalue weighted by molar-refractivity contribution is 7.89. The maximum atomic E-state index is 11.9. The maximum Gasteiger partial charge on any atom is 0.240 e. The van der Waals surface area contributed by atoms with Gasteiger partial charge in [-0.1, -0.05) is 54.2 Å². The molecular formula is C15H20N2O4SSi. The number of benzene rings is 1. The number of nitrogens with zero attached hydrogens (tertiary/aromatic N) is 1. The summed E-state index contributed by atoms with van der Waals surface area (Å²) in [6, 6.07) is 9.21. The molecule has 0 aliphatic heterocycles. The largest absolute Gasteiger partial charge is 0.364 e. The zero-order valence-electron chi connectivity index (χ0n) is 13.4. The van der Waals surface area contributed by atoms with Gasteiger partial charge in [-0.2, -0.15) is 0 Å². The lowest BCUT2D eigenvalue weighted by atomic mass is 10.1. The number of nitrogens with one attached hydrogen (secondary N) is 1. The Kier molecular flexibility index (Phi) is 5.05. The molecule has 1 aromatic heterocycles. The average Bonchev–Trinajstić information content (AvgIpc) is 2.89. The molecular weight excluding hydrogens is 332 g/mol. The number of aromatic nitrogens is 1. The molecule has 0 saturated carbocycles. The molecule has 6 nitrogen and oxygen atoms in total. The molecule has 0 unspecified atom stereocenters. The van der Waals surface area contributed by atoms with E-state index in [0.717, 1.165) is 5.56 Å². The fourth-order valence-electron chi connectivity index (χ4n) is 2.06. The van der Waals surface area contributed by atoms with E-state index in [1.54, 1.807) is 0 Å². The summed E-state index contributed by atoms with van der Waals surface area (Å²) in [5.41, 5.74) is 1.03. The quantitative estimate of drug-likeness (QED) is 0.794. The summed E-state index contributed by atoms with van der Waals surface area (Å²) in [4.78, 5) is 11.9. The van der Waals surface area contributed by atoms with Gasteiger partial charge in [0, 0.05) is 6.07 Å². The van der Waals surface area contributed by atoms with Gasteiger partial charge in [-0.05, 0) is 5.56 Å². The standard InChI is InChI=1S/C15H20N2O4SSi/c1-23(2,3)14-6-4-12(5-7-14)10-15(18)17-22(19,20)11-13-8-9-21-16-13/h4-9H,10-11H2,1-3H3,(H,17,18). The molecule has 0 atom stereocenters. The SMILES string of the molecule is C[Si](C)(C)c1ccc(CC(=O)NS(=O)(=O)Cc2ccon2)cc1. The van der Waals surface area contributed by atoms with Crippen LogP contribution in [0.2, 0.25) is 19.6 Å². The van der Waals surface area contributed by atoms with Gasteiger partial charge < -0.3 is 4.52 Å². The van der Waals surface area contributed by atoms with Crippen LogP contribution in [0.25, 0.3) is 0 Å². The van der Waals surface area contributed by atoms with Crippen molar-refractivity contribution in [1.29, 1.82) is 0 Å². The molecule has 23 heavy (non-hydrogen) atoms. The van der Waals surface area contributed by atoms with Crippen molar-refractivity contribution in [1.82, 2.24) is 9.88 Å². The van der Waals surface area contributed by atoms with Crippen LogP contribution in [0.5, 0.6) is 0 Å². The van der Waals surface area contributed by atoms with Crippen LogP contribution in [0.15, 0.2) is 41.1 Å². The fraction of sp³-hybridized carbons (Fsp3) is 0.333. The van der Waals surface area contributed by atoms with E-state index < -0.39 is 24.0 Å². The Labute approximate surface area is 136 Å². The number of sulfonamides is 1. The third-order valence-electron chi connectivity index (χ3n) is 3.28. The molecule has 0 fully saturated rings. The van der Waals surface area contributed by atoms with Crippen LogP contribution in [0.4, 0.5) is 0 Å². The number of amides is 1. The molecule has 2 rings (SSSR count). The van der Waals surface area contributed by atoms with Gasteiger partial charge in [0.1, 0.15) is 17.7 Å². The summed E-state index contributed by atoms with van der Waals surface area (Å²) in [5, 5.41) is 4.82. The van der Waals surface area contributed by atoms with Gasteiger partial charge in [0.15, 0.2) is 0 Å². The highest BCUT2D eigenvalue weighted by Gasteiger charge is 2.18. The lowest BCUT2D eigenvalue weighted by Gasteiger charge is -2.16. The average molecular weight is 352 g/mol. The first-order valence-electron chi connectivity index (χ1n) is 7.18. The lowest BCUT2D eigenvalue weighted by Crippen LogP contribution is -2.37. The second-order valence-electron chi connectivity index (χ2n) is 6.40. The van der Waals surface area contributed by atoms with Crippen molar-refractivity contribution in [3.8, 4) is 0 Å². The Morgan fingerprint density at radius 2 is 1.83 bits per heavy atom. The monoisotopic (exact) mass is 352 g/mol. The van der Waals surface area contributed by atoms with Gasteiger partial charge >= 0.3 is 0 Å². The van der Waals surface area contributed by atoms with Crippen molar-refractivity contribution in [2.24, 2.45) is 0 Å². The highest BCUT2D eigenvalue weighted by atomic mass is 32.2. The third-order valence-corrected chi connectivity index (χ3v) is 6.56. The first-order chi connectivity index (χ1) is 10.7. The second-order valence-corrected chi connectivity index (χ2v) is 13.2. The Bertz CT molecular complexity index is 763. The molecule has 1 N–H and O–H groups in total. The molecule has 0 aliphatic carbocycles. The fourth-order valence-corrected chi connectivity index (χ4v) is 4.26. The van der Waals surface area contributed by atoms with Crippen molar-refractivity contribution in [2.45, 2.75) is 31.8 Å². The van der Waals surface area contributed by atoms with E-state index in [1.807, 2.05) is 29.0 Å². The molecule has 0 bridgehead atoms. The Hall–Kier alpha value is -1.93. The van der Waals surface area contributed by atoms with Gasteiger partial charge in [-0.3, -0.25) is 9.52 Å². The first-order valence-corrected chi connectivity index (χ1v) is 12.3. The molecule has 1 amide bonds. The van der Waals surface area contributed by atoms with Gasteiger partial charge in [0.25, 0.3) is 0 Å². The molecule has 124 valence electrons. The maximum absolute atomic E-state index is 11.9. The van der Waals surface area contributed by atoms with Gasteiger partial charge in [-0.25, -0.2) is 8.42 Å². The van der Waals surface area contributed by atoms with Crippen molar-refractivity contribution in [3.05, 3.63) is 47.9 Å². The van der Waals surface area contributed by atoms with Crippen molar-refractivity contribution in [3.63, 3.8) is 0 Å². The normalized spacial score (nSPS) is 12.1. The van der Waals surface area contributed by atoms with E-state index in [2.05, 4.69) is 29.3 Å². The summed E-state index contributed by atoms with van der Waals surface area (Å²) in [6.45, 7) is 6.72. The minimum atomic E-state index is -3.77. The summed E-state index contributed by atoms with van der Waals surface area (Å²) < 4.78 is 30.4. The van der Waals surface area contributed by atoms with Crippen molar-refractivity contribution < 1.29 is 17.7 Å². The number of carbonyl (C=O) groups is 1. The minimum Gasteiger partial charge on any atom is -0.364 e. The summed E-state index contributed by atoms with van der Waals surface area (Å²) in [6.07, 6.45) is 1.30. The van der Waals surface area contributed by atoms with Gasteiger partial charge in [0.2, 0.25) is 15.9 Å². The summed E-state index contributed by atoms with van der Waals surface area (Å²) >= 11 is 0. The van der Waals surface area contributed by atoms with Crippen LogP contribution >= 0.6 is 0 Å². The van der Waals surface area contributed by atoms with Gasteiger partial charge in [-0.15, -0.1) is 0 Å². The third kappa shape index (κ3) is 5.33. The van der Waals surface area contributed by atoms with E-state index in [0.29, 0.717) is 0 Å². The molecule has 1 heterocycles. The summed E-state index contributed by atoms with van der Waals surface area (Å²) in [7, 11) is -5.15. The lowest BCUT2D eigenvalue weighted by molar-refractivity contribution is -0.118. The van der Waals surface area contributed by atoms with Gasteiger partial charge in [0.05, 0.1) is 14.5 Å². The van der Waals surface area contributed by atoms with E-state index >= 15 is 0 Å². The minimum absolute atomic E-state index is 0.0179. The van der Waals surface area contributed by atoms with Crippen LogP contribution in [0.1, 0.15) is 11.3 Å². The Balaban J connectivity index is 1.96. The summed E-state index contributed by atoms with van der Waals surface area (Å²) in [5.74, 6) is -0.946. The Morgan fingerprint density at radius 3 is 2.35 bits per heavy atom. The van der Waals surface area contributed by atoms with Crippen LogP contribution in [-0.2, 0) is 27.0 Å². The van der Waals surface area contributed by atoms with Crippen molar-refractivity contribution >= 4 is 29.2 Å². The van der Waals surface area contributed by atoms with E-state index in [1.165, 1.54) is 17.5 Å². The predicted octanol–water partition coefficient (Wildman–Crippen LogP) is 1.41. The van der Waals surface area contributed by atoms with E-state index in [9.17, 15) is 13.2 Å². The first kappa shape index (κ1) is 17.4. The van der Waals surface area contributed by atoms with Crippen LogP contribution in [-0.4, -0.2) is 27.6 Å². The molecule has 2 aromatic rings. The Morgan fingerprint density at radius 1 is 1.17 bits per heavy atom. The zero-order valence-corrected chi connectivity index (χ0v) is 15.2. The molecule has 0 radical (unpaired) electrons. The topological polar surface area (TPSA) is 89.3 Å². The highest BCUT2D eigenvalue weighted by Crippen LogP contribution is 2.06. The predicted molar refractivity (Wildman–Crippen MR) is 90.4 cm³/mol. The number of hydrogen-bond acceptors (Lipinski definition) is 5. The number of hydrogen-bond donors (Lipinski definition) is 1. The molecule has 0 spiro atoms. The van der Waals surface area contributed by atoms with Crippen molar-refractivity contribution in [2.75, 3.05) is 0 Å². The van der Waals surface area contributed by atoms with Crippen LogP contribution in [0.3, 0.4) is 0 Å². The van der Waals surface area contributed by atoms with E-state index in [-0.39, 0.29) is 17.9 Å². The number of rotatable bonds is 6.